The van der Waals surface area contributed by atoms with Crippen LogP contribution in [0.3, 0.4) is 0 Å². The molecular formula is C12H25N3O2. The molecule has 0 aromatic heterocycles. The molecule has 100 valence electrons. The molecule has 0 spiro atoms. The maximum atomic E-state index is 11.8. The molecule has 1 fully saturated rings. The second-order valence-electron chi connectivity index (χ2n) is 5.18. The Balaban J connectivity index is 2.29. The summed E-state index contributed by atoms with van der Waals surface area (Å²) in [5.41, 5.74) is 0. The molecule has 1 heterocycles. The molecule has 0 radical (unpaired) electrons. The number of nitrogens with one attached hydrogen (secondary N) is 1. The zero-order valence-electron chi connectivity index (χ0n) is 11.1. The zero-order chi connectivity index (χ0) is 12.8. The Morgan fingerprint density at radius 3 is 2.35 bits per heavy atom. The SMILES string of the molecule is CC(C)[C@@H](CO)NC(=O)CN1CCN(C)CC1. The molecule has 0 bridgehead atoms. The van der Waals surface area contributed by atoms with Crippen molar-refractivity contribution in [3.05, 3.63) is 0 Å². The van der Waals surface area contributed by atoms with E-state index in [1.54, 1.807) is 0 Å². The number of hydrogen-bond acceptors (Lipinski definition) is 4. The number of amides is 1. The molecule has 1 amide bonds. The molecule has 0 saturated carbocycles. The van der Waals surface area contributed by atoms with E-state index in [2.05, 4.69) is 22.2 Å². The van der Waals surface area contributed by atoms with E-state index in [0.29, 0.717) is 6.54 Å². The molecule has 5 heteroatoms. The lowest BCUT2D eigenvalue weighted by Crippen LogP contribution is -2.50. The summed E-state index contributed by atoms with van der Waals surface area (Å²) in [7, 11) is 2.10. The summed E-state index contributed by atoms with van der Waals surface area (Å²) < 4.78 is 0. The Kier molecular flexibility index (Phi) is 5.88. The number of piperazine rings is 1. The van der Waals surface area contributed by atoms with Crippen LogP contribution >= 0.6 is 0 Å². The molecular weight excluding hydrogens is 218 g/mol. The van der Waals surface area contributed by atoms with Crippen LogP contribution in [0.25, 0.3) is 0 Å². The number of carbonyl (C=O) groups excluding carboxylic acids is 1. The summed E-state index contributed by atoms with van der Waals surface area (Å²) in [6, 6.07) is -0.130. The molecule has 1 aliphatic heterocycles. The van der Waals surface area contributed by atoms with Gasteiger partial charge in [-0.3, -0.25) is 9.69 Å². The van der Waals surface area contributed by atoms with E-state index in [0.717, 1.165) is 26.2 Å². The third-order valence-electron chi connectivity index (χ3n) is 3.31. The quantitative estimate of drug-likeness (QED) is 0.675. The summed E-state index contributed by atoms with van der Waals surface area (Å²) in [6.07, 6.45) is 0. The summed E-state index contributed by atoms with van der Waals surface area (Å²) in [5, 5.41) is 12.0. The first kappa shape index (κ1) is 14.4. The van der Waals surface area contributed by atoms with Gasteiger partial charge < -0.3 is 15.3 Å². The Morgan fingerprint density at radius 2 is 1.88 bits per heavy atom. The molecule has 0 aromatic carbocycles. The fourth-order valence-corrected chi connectivity index (χ4v) is 1.88. The van der Waals surface area contributed by atoms with Gasteiger partial charge in [-0.1, -0.05) is 13.8 Å². The van der Waals surface area contributed by atoms with E-state index in [-0.39, 0.29) is 24.5 Å². The van der Waals surface area contributed by atoms with Gasteiger partial charge in [0.25, 0.3) is 0 Å². The summed E-state index contributed by atoms with van der Waals surface area (Å²) in [5.74, 6) is 0.277. The number of nitrogens with zero attached hydrogens (tertiary/aromatic N) is 2. The van der Waals surface area contributed by atoms with E-state index in [4.69, 9.17) is 5.11 Å². The van der Waals surface area contributed by atoms with E-state index in [1.165, 1.54) is 0 Å². The van der Waals surface area contributed by atoms with Gasteiger partial charge in [-0.15, -0.1) is 0 Å². The number of aliphatic hydroxyl groups is 1. The highest BCUT2D eigenvalue weighted by Gasteiger charge is 2.19. The van der Waals surface area contributed by atoms with Gasteiger partial charge in [-0.05, 0) is 13.0 Å². The van der Waals surface area contributed by atoms with Crippen molar-refractivity contribution in [2.45, 2.75) is 19.9 Å². The van der Waals surface area contributed by atoms with E-state index in [1.807, 2.05) is 13.8 Å². The second kappa shape index (κ2) is 6.93. The standard InChI is InChI=1S/C12H25N3O2/c1-10(2)11(9-16)13-12(17)8-15-6-4-14(3)5-7-15/h10-11,16H,4-9H2,1-3H3,(H,13,17)/t11-/m1/s1. The van der Waals surface area contributed by atoms with Gasteiger partial charge in [0.05, 0.1) is 19.2 Å². The van der Waals surface area contributed by atoms with Crippen molar-refractivity contribution in [3.63, 3.8) is 0 Å². The molecule has 17 heavy (non-hydrogen) atoms. The van der Waals surface area contributed by atoms with E-state index in [9.17, 15) is 4.79 Å². The molecule has 1 saturated heterocycles. The van der Waals surface area contributed by atoms with Crippen LogP contribution in [-0.2, 0) is 4.79 Å². The first-order valence-corrected chi connectivity index (χ1v) is 6.34. The lowest BCUT2D eigenvalue weighted by Gasteiger charge is -2.32. The predicted octanol–water partition coefficient (Wildman–Crippen LogP) is -0.633. The summed E-state index contributed by atoms with van der Waals surface area (Å²) in [6.45, 7) is 8.35. The van der Waals surface area contributed by atoms with Crippen LogP contribution in [0.2, 0.25) is 0 Å². The lowest BCUT2D eigenvalue weighted by molar-refractivity contribution is -0.124. The van der Waals surface area contributed by atoms with Crippen molar-refractivity contribution in [2.75, 3.05) is 46.4 Å². The lowest BCUT2D eigenvalue weighted by atomic mass is 10.1. The Morgan fingerprint density at radius 1 is 1.29 bits per heavy atom. The van der Waals surface area contributed by atoms with Gasteiger partial charge in [0.2, 0.25) is 5.91 Å². The average Bonchev–Trinajstić information content (AvgIpc) is 2.28. The van der Waals surface area contributed by atoms with E-state index < -0.39 is 0 Å². The highest BCUT2D eigenvalue weighted by atomic mass is 16.3. The number of rotatable bonds is 5. The van der Waals surface area contributed by atoms with Gasteiger partial charge in [0.1, 0.15) is 0 Å². The maximum absolute atomic E-state index is 11.8. The van der Waals surface area contributed by atoms with Crippen LogP contribution in [0.5, 0.6) is 0 Å². The van der Waals surface area contributed by atoms with Crippen LogP contribution in [0.15, 0.2) is 0 Å². The van der Waals surface area contributed by atoms with Crippen LogP contribution in [-0.4, -0.2) is 73.2 Å². The van der Waals surface area contributed by atoms with Crippen molar-refractivity contribution >= 4 is 5.91 Å². The molecule has 2 N–H and O–H groups in total. The molecule has 1 rings (SSSR count). The second-order valence-corrected chi connectivity index (χ2v) is 5.18. The molecule has 1 atom stereocenters. The Hall–Kier alpha value is -0.650. The number of aliphatic hydroxyl groups excluding tert-OH is 1. The molecule has 0 unspecified atom stereocenters. The summed E-state index contributed by atoms with van der Waals surface area (Å²) in [4.78, 5) is 16.2. The van der Waals surface area contributed by atoms with Gasteiger partial charge >= 0.3 is 0 Å². The largest absolute Gasteiger partial charge is 0.394 e. The maximum Gasteiger partial charge on any atom is 0.234 e. The molecule has 0 aliphatic carbocycles. The average molecular weight is 243 g/mol. The highest BCUT2D eigenvalue weighted by molar-refractivity contribution is 5.78. The minimum Gasteiger partial charge on any atom is -0.394 e. The fourth-order valence-electron chi connectivity index (χ4n) is 1.88. The first-order chi connectivity index (χ1) is 8.02. The van der Waals surface area contributed by atoms with Crippen LogP contribution < -0.4 is 5.32 Å². The van der Waals surface area contributed by atoms with Gasteiger partial charge in [0.15, 0.2) is 0 Å². The van der Waals surface area contributed by atoms with Gasteiger partial charge in [-0.25, -0.2) is 0 Å². The third-order valence-corrected chi connectivity index (χ3v) is 3.31. The minimum absolute atomic E-state index is 0.00610. The number of carbonyl (C=O) groups is 1. The topological polar surface area (TPSA) is 55.8 Å². The van der Waals surface area contributed by atoms with Crippen LogP contribution in [0.1, 0.15) is 13.8 Å². The van der Waals surface area contributed by atoms with Crippen molar-refractivity contribution in [3.8, 4) is 0 Å². The highest BCUT2D eigenvalue weighted by Crippen LogP contribution is 2.02. The van der Waals surface area contributed by atoms with E-state index >= 15 is 0 Å². The molecule has 1 aliphatic rings. The first-order valence-electron chi connectivity index (χ1n) is 6.34. The molecule has 5 nitrogen and oxygen atoms in total. The van der Waals surface area contributed by atoms with Crippen LogP contribution in [0.4, 0.5) is 0 Å². The summed E-state index contributed by atoms with van der Waals surface area (Å²) >= 11 is 0. The van der Waals surface area contributed by atoms with Crippen molar-refractivity contribution in [1.82, 2.24) is 15.1 Å². The normalized spacial score (nSPS) is 20.5. The molecule has 0 aromatic rings. The predicted molar refractivity (Wildman–Crippen MR) is 67.8 cm³/mol. The number of hydrogen-bond donors (Lipinski definition) is 2. The van der Waals surface area contributed by atoms with Crippen LogP contribution in [0, 0.1) is 5.92 Å². The monoisotopic (exact) mass is 243 g/mol. The third kappa shape index (κ3) is 5.02. The Labute approximate surface area is 104 Å². The number of likely N-dealkylation sites (N-methyl/N-ethyl adjacent to an activating group) is 1. The zero-order valence-corrected chi connectivity index (χ0v) is 11.1. The smallest absolute Gasteiger partial charge is 0.234 e. The van der Waals surface area contributed by atoms with Crippen molar-refractivity contribution < 1.29 is 9.90 Å². The minimum atomic E-state index is -0.130. The van der Waals surface area contributed by atoms with Crippen molar-refractivity contribution in [2.24, 2.45) is 5.92 Å². The van der Waals surface area contributed by atoms with Crippen molar-refractivity contribution in [1.29, 1.82) is 0 Å². The van der Waals surface area contributed by atoms with Gasteiger partial charge in [0, 0.05) is 26.2 Å². The Bertz CT molecular complexity index is 238. The van der Waals surface area contributed by atoms with Gasteiger partial charge in [-0.2, -0.15) is 0 Å². The fraction of sp³-hybridized carbons (Fsp3) is 0.917.